The highest BCUT2D eigenvalue weighted by molar-refractivity contribution is 8.00. The summed E-state index contributed by atoms with van der Waals surface area (Å²) in [5.74, 6) is -0.677. The second-order valence-corrected chi connectivity index (χ2v) is 6.27. The van der Waals surface area contributed by atoms with Crippen molar-refractivity contribution in [2.45, 2.75) is 11.4 Å². The Hall–Kier alpha value is -2.80. The number of amides is 3. The molecule has 0 aliphatic heterocycles. The maximum absolute atomic E-state index is 11.9. The number of nitrogens with two attached hydrogens (primary N) is 1. The van der Waals surface area contributed by atoms with Crippen LogP contribution in [0.4, 0.5) is 0 Å². The monoisotopic (exact) mass is 357 g/mol. The first-order valence-electron chi connectivity index (χ1n) is 7.64. The van der Waals surface area contributed by atoms with Crippen molar-refractivity contribution in [2.75, 3.05) is 12.3 Å². The molecule has 0 saturated carbocycles. The largest absolute Gasteiger partial charge is 0.368 e. The predicted molar refractivity (Wildman–Crippen MR) is 97.0 cm³/mol. The van der Waals surface area contributed by atoms with Crippen LogP contribution < -0.4 is 16.4 Å². The minimum atomic E-state index is -0.596. The SMILES string of the molecule is NC(=O)CNC(=O)c1ccc(CNC(=O)CSc2ccccc2)cc1. The van der Waals surface area contributed by atoms with Gasteiger partial charge in [-0.2, -0.15) is 0 Å². The molecule has 0 unspecified atom stereocenters. The molecule has 4 N–H and O–H groups in total. The maximum atomic E-state index is 11.9. The van der Waals surface area contributed by atoms with Crippen LogP contribution in [0.1, 0.15) is 15.9 Å². The smallest absolute Gasteiger partial charge is 0.251 e. The van der Waals surface area contributed by atoms with Crippen molar-refractivity contribution in [3.63, 3.8) is 0 Å². The molecular formula is C18H19N3O3S. The normalized spacial score (nSPS) is 10.1. The maximum Gasteiger partial charge on any atom is 0.251 e. The number of thioether (sulfide) groups is 1. The van der Waals surface area contributed by atoms with Crippen LogP contribution in [0.2, 0.25) is 0 Å². The third-order valence-electron chi connectivity index (χ3n) is 3.24. The fraction of sp³-hybridized carbons (Fsp3) is 0.167. The molecule has 0 aromatic heterocycles. The van der Waals surface area contributed by atoms with E-state index in [9.17, 15) is 14.4 Å². The third-order valence-corrected chi connectivity index (χ3v) is 4.25. The summed E-state index contributed by atoms with van der Waals surface area (Å²) in [7, 11) is 0. The first-order valence-corrected chi connectivity index (χ1v) is 8.63. The van der Waals surface area contributed by atoms with E-state index in [-0.39, 0.29) is 18.4 Å². The summed E-state index contributed by atoms with van der Waals surface area (Å²) in [6.07, 6.45) is 0. The summed E-state index contributed by atoms with van der Waals surface area (Å²) < 4.78 is 0. The zero-order valence-corrected chi connectivity index (χ0v) is 14.3. The average molecular weight is 357 g/mol. The van der Waals surface area contributed by atoms with Crippen molar-refractivity contribution >= 4 is 29.5 Å². The van der Waals surface area contributed by atoms with Gasteiger partial charge in [-0.25, -0.2) is 0 Å². The molecule has 2 rings (SSSR count). The summed E-state index contributed by atoms with van der Waals surface area (Å²) in [5, 5.41) is 5.25. The van der Waals surface area contributed by atoms with Crippen LogP contribution in [0.15, 0.2) is 59.5 Å². The Morgan fingerprint density at radius 1 is 0.920 bits per heavy atom. The van der Waals surface area contributed by atoms with Gasteiger partial charge in [-0.3, -0.25) is 14.4 Å². The van der Waals surface area contributed by atoms with E-state index >= 15 is 0 Å². The van der Waals surface area contributed by atoms with Gasteiger partial charge in [0.2, 0.25) is 11.8 Å². The number of hydrogen-bond donors (Lipinski definition) is 3. The molecular weight excluding hydrogens is 338 g/mol. The molecule has 0 atom stereocenters. The third kappa shape index (κ3) is 6.68. The summed E-state index contributed by atoms with van der Waals surface area (Å²) in [6.45, 7) is 0.188. The average Bonchev–Trinajstić information content (AvgIpc) is 2.64. The molecule has 3 amide bonds. The number of primary amides is 1. The van der Waals surface area contributed by atoms with Gasteiger partial charge in [0.15, 0.2) is 0 Å². The van der Waals surface area contributed by atoms with Crippen LogP contribution in [0.25, 0.3) is 0 Å². The number of carbonyl (C=O) groups is 3. The van der Waals surface area contributed by atoms with E-state index in [2.05, 4.69) is 10.6 Å². The van der Waals surface area contributed by atoms with E-state index in [0.29, 0.717) is 17.9 Å². The zero-order chi connectivity index (χ0) is 18.1. The minimum Gasteiger partial charge on any atom is -0.368 e. The van der Waals surface area contributed by atoms with Gasteiger partial charge in [0, 0.05) is 17.0 Å². The molecule has 0 aliphatic carbocycles. The highest BCUT2D eigenvalue weighted by atomic mass is 32.2. The highest BCUT2D eigenvalue weighted by Crippen LogP contribution is 2.16. The van der Waals surface area contributed by atoms with Gasteiger partial charge in [0.25, 0.3) is 5.91 Å². The fourth-order valence-electron chi connectivity index (χ4n) is 1.96. The van der Waals surface area contributed by atoms with Crippen molar-refractivity contribution in [3.05, 3.63) is 65.7 Å². The topological polar surface area (TPSA) is 101 Å². The number of nitrogens with one attached hydrogen (secondary N) is 2. The molecule has 2 aromatic carbocycles. The van der Waals surface area contributed by atoms with E-state index in [1.54, 1.807) is 24.3 Å². The Kier molecular flexibility index (Phi) is 7.03. The van der Waals surface area contributed by atoms with E-state index in [1.807, 2.05) is 30.3 Å². The van der Waals surface area contributed by atoms with Gasteiger partial charge in [0.1, 0.15) is 0 Å². The lowest BCUT2D eigenvalue weighted by molar-refractivity contribution is -0.119. The molecule has 0 spiro atoms. The predicted octanol–water partition coefficient (Wildman–Crippen LogP) is 1.31. The molecule has 25 heavy (non-hydrogen) atoms. The Bertz CT molecular complexity index is 733. The van der Waals surface area contributed by atoms with E-state index in [4.69, 9.17) is 5.73 Å². The molecule has 0 heterocycles. The van der Waals surface area contributed by atoms with Crippen LogP contribution in [-0.4, -0.2) is 30.0 Å². The molecule has 0 fully saturated rings. The molecule has 0 radical (unpaired) electrons. The van der Waals surface area contributed by atoms with Gasteiger partial charge < -0.3 is 16.4 Å². The zero-order valence-electron chi connectivity index (χ0n) is 13.5. The summed E-state index contributed by atoms with van der Waals surface area (Å²) in [5.41, 5.74) is 6.28. The van der Waals surface area contributed by atoms with Crippen molar-refractivity contribution in [1.82, 2.24) is 10.6 Å². The second kappa shape index (κ2) is 9.48. The molecule has 0 saturated heterocycles. The lowest BCUT2D eigenvalue weighted by atomic mass is 10.1. The molecule has 0 bridgehead atoms. The molecule has 7 heteroatoms. The quantitative estimate of drug-likeness (QED) is 0.620. The van der Waals surface area contributed by atoms with Crippen molar-refractivity contribution in [1.29, 1.82) is 0 Å². The van der Waals surface area contributed by atoms with Crippen LogP contribution in [0, 0.1) is 0 Å². The van der Waals surface area contributed by atoms with Gasteiger partial charge in [0.05, 0.1) is 12.3 Å². The van der Waals surface area contributed by atoms with Crippen molar-refractivity contribution in [2.24, 2.45) is 5.73 Å². The summed E-state index contributed by atoms with van der Waals surface area (Å²) >= 11 is 1.48. The Labute approximate surface area is 150 Å². The van der Waals surface area contributed by atoms with E-state index in [0.717, 1.165) is 10.5 Å². The number of carbonyl (C=O) groups excluding carboxylic acids is 3. The second-order valence-electron chi connectivity index (χ2n) is 5.22. The summed E-state index contributed by atoms with van der Waals surface area (Å²) in [4.78, 5) is 35.3. The first-order chi connectivity index (χ1) is 12.0. The van der Waals surface area contributed by atoms with Crippen molar-refractivity contribution < 1.29 is 14.4 Å². The molecule has 130 valence electrons. The van der Waals surface area contributed by atoms with Gasteiger partial charge in [-0.15, -0.1) is 11.8 Å². The number of hydrogen-bond acceptors (Lipinski definition) is 4. The van der Waals surface area contributed by atoms with Gasteiger partial charge in [-0.05, 0) is 29.8 Å². The molecule has 6 nitrogen and oxygen atoms in total. The van der Waals surface area contributed by atoms with Gasteiger partial charge in [-0.1, -0.05) is 30.3 Å². The van der Waals surface area contributed by atoms with Crippen LogP contribution in [0.5, 0.6) is 0 Å². The first kappa shape index (κ1) is 18.5. The Balaban J connectivity index is 1.76. The highest BCUT2D eigenvalue weighted by Gasteiger charge is 2.07. The molecule has 0 aliphatic rings. The lowest BCUT2D eigenvalue weighted by Gasteiger charge is -2.07. The molecule has 2 aromatic rings. The minimum absolute atomic E-state index is 0.0582. The Morgan fingerprint density at radius 3 is 2.24 bits per heavy atom. The fourth-order valence-corrected chi connectivity index (χ4v) is 2.71. The number of rotatable bonds is 8. The van der Waals surface area contributed by atoms with Crippen LogP contribution in [-0.2, 0) is 16.1 Å². The Morgan fingerprint density at radius 2 is 1.60 bits per heavy atom. The van der Waals surface area contributed by atoms with E-state index < -0.39 is 5.91 Å². The van der Waals surface area contributed by atoms with Crippen LogP contribution >= 0.6 is 11.8 Å². The van der Waals surface area contributed by atoms with E-state index in [1.165, 1.54) is 11.8 Å². The summed E-state index contributed by atoms with van der Waals surface area (Å²) in [6, 6.07) is 16.5. The number of benzene rings is 2. The van der Waals surface area contributed by atoms with Gasteiger partial charge >= 0.3 is 0 Å². The lowest BCUT2D eigenvalue weighted by Crippen LogP contribution is -2.33. The van der Waals surface area contributed by atoms with Crippen LogP contribution in [0.3, 0.4) is 0 Å². The standard InChI is InChI=1S/C18H19N3O3S/c19-16(22)11-21-18(24)14-8-6-13(7-9-14)10-20-17(23)12-25-15-4-2-1-3-5-15/h1-9H,10-12H2,(H2,19,22)(H,20,23)(H,21,24). The van der Waals surface area contributed by atoms with Crippen molar-refractivity contribution in [3.8, 4) is 0 Å².